The van der Waals surface area contributed by atoms with Gasteiger partial charge in [-0.1, -0.05) is 11.6 Å². The van der Waals surface area contributed by atoms with Crippen LogP contribution in [0.4, 0.5) is 5.82 Å². The Labute approximate surface area is 114 Å². The number of rotatable bonds is 0. The number of nitrogens with one attached hydrogen (secondary N) is 2. The second kappa shape index (κ2) is 4.24. The summed E-state index contributed by atoms with van der Waals surface area (Å²) in [6, 6.07) is 0. The van der Waals surface area contributed by atoms with E-state index in [4.69, 9.17) is 11.6 Å². The molecule has 19 heavy (non-hydrogen) atoms. The monoisotopic (exact) mass is 277 g/mol. The maximum absolute atomic E-state index is 11.8. The normalized spacial score (nSPS) is 17.6. The van der Waals surface area contributed by atoms with E-state index in [1.165, 1.54) is 0 Å². The van der Waals surface area contributed by atoms with Crippen molar-refractivity contribution in [2.45, 2.75) is 19.5 Å². The highest BCUT2D eigenvalue weighted by Gasteiger charge is 2.22. The van der Waals surface area contributed by atoms with E-state index in [-0.39, 0.29) is 5.43 Å². The van der Waals surface area contributed by atoms with Crippen molar-refractivity contribution in [3.63, 3.8) is 0 Å². The number of aromatic amines is 1. The van der Waals surface area contributed by atoms with Crippen LogP contribution in [0, 0.1) is 13.8 Å². The minimum Gasteiger partial charge on any atom is -0.340 e. The van der Waals surface area contributed by atoms with Crippen LogP contribution < -0.4 is 10.7 Å². The van der Waals surface area contributed by atoms with Gasteiger partial charge in [0.05, 0.1) is 6.33 Å². The summed E-state index contributed by atoms with van der Waals surface area (Å²) in [5.41, 5.74) is 1.53. The van der Waals surface area contributed by atoms with Gasteiger partial charge in [-0.2, -0.15) is 0 Å². The number of aliphatic imine (C=N–C) groups is 1. The van der Waals surface area contributed by atoms with Gasteiger partial charge in [0.25, 0.3) is 0 Å². The lowest BCUT2D eigenvalue weighted by atomic mass is 10.2. The fourth-order valence-corrected chi connectivity index (χ4v) is 2.29. The predicted molar refractivity (Wildman–Crippen MR) is 74.0 cm³/mol. The molecule has 0 spiro atoms. The Kier molecular flexibility index (Phi) is 2.67. The topological polar surface area (TPSA) is 75.1 Å². The molecular weight excluding hydrogens is 266 g/mol. The Balaban J connectivity index is 2.19. The zero-order chi connectivity index (χ0) is 13.6. The largest absolute Gasteiger partial charge is 0.340 e. The highest BCUT2D eigenvalue weighted by Crippen LogP contribution is 2.20. The quantitative estimate of drug-likeness (QED) is 0.565. The number of aryl methyl sites for hydroxylation is 2. The summed E-state index contributed by atoms with van der Waals surface area (Å²) < 4.78 is 1.79. The molecule has 0 aromatic carbocycles. The Hall–Kier alpha value is -2.08. The van der Waals surface area contributed by atoms with Crippen LogP contribution in [0.3, 0.4) is 0 Å². The van der Waals surface area contributed by atoms with Crippen LogP contribution in [0.5, 0.6) is 0 Å². The number of fused-ring (bicyclic) bond motifs is 1. The van der Waals surface area contributed by atoms with Crippen LogP contribution in [0.2, 0.25) is 0 Å². The Morgan fingerprint density at radius 3 is 2.68 bits per heavy atom. The van der Waals surface area contributed by atoms with E-state index in [0.717, 1.165) is 5.69 Å². The third-order valence-corrected chi connectivity index (χ3v) is 3.19. The fraction of sp³-hybridized carbons (Fsp3) is 0.250. The molecule has 98 valence electrons. The summed E-state index contributed by atoms with van der Waals surface area (Å²) in [5.74, 6) is 1.29. The van der Waals surface area contributed by atoms with Crippen molar-refractivity contribution in [3.05, 3.63) is 45.8 Å². The van der Waals surface area contributed by atoms with E-state index in [0.29, 0.717) is 22.8 Å². The van der Waals surface area contributed by atoms with E-state index < -0.39 is 5.62 Å². The highest BCUT2D eigenvalue weighted by atomic mass is 35.5. The van der Waals surface area contributed by atoms with E-state index in [2.05, 4.69) is 20.3 Å². The molecule has 0 bridgehead atoms. The smallest absolute Gasteiger partial charge is 0.198 e. The van der Waals surface area contributed by atoms with Crippen molar-refractivity contribution in [2.24, 2.45) is 4.99 Å². The second-order valence-electron chi connectivity index (χ2n) is 4.42. The molecule has 1 aliphatic rings. The molecule has 1 unspecified atom stereocenters. The molecule has 0 saturated heterocycles. The molecule has 7 heteroatoms. The molecule has 0 radical (unpaired) electrons. The third-order valence-electron chi connectivity index (χ3n) is 2.98. The number of imidazole rings is 1. The third kappa shape index (κ3) is 1.94. The number of pyridine rings is 1. The standard InChI is InChI=1S/C12H12ClN5O/c1-6-3-18(4-7(2)9(6)19)11-8-10(15-5-14-8)16-12(13)17-11/h3-5,12,16H,1-2H3,(H,14,15). The molecule has 0 saturated carbocycles. The first-order chi connectivity index (χ1) is 9.06. The number of anilines is 1. The molecule has 0 aliphatic carbocycles. The van der Waals surface area contributed by atoms with Gasteiger partial charge in [-0.3, -0.25) is 4.79 Å². The summed E-state index contributed by atoms with van der Waals surface area (Å²) in [6.07, 6.45) is 5.06. The van der Waals surface area contributed by atoms with Gasteiger partial charge in [-0.25, -0.2) is 9.98 Å². The summed E-state index contributed by atoms with van der Waals surface area (Å²) in [5, 5.41) is 2.94. The Bertz CT molecular complexity index is 704. The van der Waals surface area contributed by atoms with E-state index in [9.17, 15) is 4.79 Å². The molecule has 2 aromatic rings. The summed E-state index contributed by atoms with van der Waals surface area (Å²) in [6.45, 7) is 3.55. The van der Waals surface area contributed by atoms with Gasteiger partial charge in [-0.05, 0) is 13.8 Å². The maximum atomic E-state index is 11.8. The molecule has 1 aliphatic heterocycles. The van der Waals surface area contributed by atoms with E-state index in [1.54, 1.807) is 37.1 Å². The Morgan fingerprint density at radius 2 is 2.00 bits per heavy atom. The molecule has 3 heterocycles. The van der Waals surface area contributed by atoms with Crippen LogP contribution in [0.1, 0.15) is 16.8 Å². The van der Waals surface area contributed by atoms with E-state index >= 15 is 0 Å². The maximum Gasteiger partial charge on any atom is 0.198 e. The SMILES string of the molecule is Cc1cn(C2=NC(Cl)Nc3nc[nH]c32)cc(C)c1=O. The van der Waals surface area contributed by atoms with Crippen LogP contribution in [-0.2, 0) is 0 Å². The molecule has 6 nitrogen and oxygen atoms in total. The number of aromatic nitrogens is 3. The van der Waals surface area contributed by atoms with Gasteiger partial charge >= 0.3 is 0 Å². The van der Waals surface area contributed by atoms with E-state index in [1.807, 2.05) is 0 Å². The van der Waals surface area contributed by atoms with Crippen molar-refractivity contribution < 1.29 is 0 Å². The number of alkyl halides is 1. The lowest BCUT2D eigenvalue weighted by Gasteiger charge is -2.19. The lowest BCUT2D eigenvalue weighted by Crippen LogP contribution is -2.27. The van der Waals surface area contributed by atoms with Gasteiger partial charge in [-0.15, -0.1) is 0 Å². The predicted octanol–water partition coefficient (Wildman–Crippen LogP) is 1.43. The second-order valence-corrected chi connectivity index (χ2v) is 4.83. The van der Waals surface area contributed by atoms with Crippen LogP contribution >= 0.6 is 11.6 Å². The van der Waals surface area contributed by atoms with Gasteiger partial charge < -0.3 is 14.9 Å². The number of H-pyrrole nitrogens is 1. The molecule has 1 atom stereocenters. The average molecular weight is 278 g/mol. The zero-order valence-electron chi connectivity index (χ0n) is 10.4. The molecular formula is C12H12ClN5O. The summed E-state index contributed by atoms with van der Waals surface area (Å²) in [7, 11) is 0. The zero-order valence-corrected chi connectivity index (χ0v) is 11.2. The summed E-state index contributed by atoms with van der Waals surface area (Å²) in [4.78, 5) is 23.2. The minimum absolute atomic E-state index is 0.0399. The number of halogens is 1. The van der Waals surface area contributed by atoms with Gasteiger partial charge in [0.2, 0.25) is 0 Å². The molecule has 0 amide bonds. The van der Waals surface area contributed by atoms with Gasteiger partial charge in [0, 0.05) is 23.5 Å². The fourth-order valence-electron chi connectivity index (χ4n) is 2.09. The first-order valence-electron chi connectivity index (χ1n) is 5.78. The molecule has 3 rings (SSSR count). The minimum atomic E-state index is -0.578. The first-order valence-corrected chi connectivity index (χ1v) is 6.22. The number of nitrogens with zero attached hydrogens (tertiary/aromatic N) is 3. The average Bonchev–Trinajstić information content (AvgIpc) is 2.82. The first kappa shape index (κ1) is 12.0. The number of hydrogen-bond acceptors (Lipinski definition) is 4. The van der Waals surface area contributed by atoms with Crippen LogP contribution in [0.15, 0.2) is 28.5 Å². The number of hydrogen-bond donors (Lipinski definition) is 2. The van der Waals surface area contributed by atoms with Crippen LogP contribution in [0.25, 0.3) is 0 Å². The molecule has 2 N–H and O–H groups in total. The lowest BCUT2D eigenvalue weighted by molar-refractivity contribution is 0.951. The van der Waals surface area contributed by atoms with Gasteiger partial charge in [0.15, 0.2) is 22.7 Å². The van der Waals surface area contributed by atoms with Crippen molar-refractivity contribution in [3.8, 4) is 0 Å². The van der Waals surface area contributed by atoms with Crippen molar-refractivity contribution in [2.75, 3.05) is 5.32 Å². The highest BCUT2D eigenvalue weighted by molar-refractivity contribution is 6.23. The molecule has 0 fully saturated rings. The van der Waals surface area contributed by atoms with Gasteiger partial charge in [0.1, 0.15) is 5.69 Å². The van der Waals surface area contributed by atoms with Crippen molar-refractivity contribution in [1.29, 1.82) is 0 Å². The van der Waals surface area contributed by atoms with Crippen molar-refractivity contribution in [1.82, 2.24) is 14.5 Å². The van der Waals surface area contributed by atoms with Crippen LogP contribution in [-0.4, -0.2) is 26.0 Å². The Morgan fingerprint density at radius 1 is 1.32 bits per heavy atom. The molecule has 2 aromatic heterocycles. The van der Waals surface area contributed by atoms with Crippen molar-refractivity contribution >= 4 is 23.3 Å². The summed E-state index contributed by atoms with van der Waals surface area (Å²) >= 11 is 6.03.